The fourth-order valence-electron chi connectivity index (χ4n) is 2.17. The molecule has 0 saturated carbocycles. The van der Waals surface area contributed by atoms with Crippen molar-refractivity contribution in [3.63, 3.8) is 0 Å². The van der Waals surface area contributed by atoms with Crippen LogP contribution in [0.25, 0.3) is 5.69 Å². The van der Waals surface area contributed by atoms with E-state index in [1.165, 1.54) is 28.9 Å². The molecule has 0 saturated heterocycles. The number of halogens is 2. The summed E-state index contributed by atoms with van der Waals surface area (Å²) in [5.74, 6) is -0.000900. The molecule has 0 unspecified atom stereocenters. The van der Waals surface area contributed by atoms with Gasteiger partial charge in [0.2, 0.25) is 21.7 Å². The van der Waals surface area contributed by atoms with Crippen molar-refractivity contribution in [2.75, 3.05) is 11.5 Å². The van der Waals surface area contributed by atoms with E-state index in [-0.39, 0.29) is 31.7 Å². The largest absolute Gasteiger partial charge is 0.368 e. The predicted octanol–water partition coefficient (Wildman–Crippen LogP) is 2.57. The monoisotopic (exact) mass is 383 g/mol. The van der Waals surface area contributed by atoms with E-state index < -0.39 is 9.84 Å². The summed E-state index contributed by atoms with van der Waals surface area (Å²) in [6, 6.07) is 10.6. The molecular weight excluding hydrogens is 373 g/mol. The zero-order valence-electron chi connectivity index (χ0n) is 12.0. The number of nitrogens with two attached hydrogens (primary N) is 2. The molecule has 3 aromatic rings. The summed E-state index contributed by atoms with van der Waals surface area (Å²) in [7, 11) is -3.87. The van der Waals surface area contributed by atoms with Crippen LogP contribution in [-0.4, -0.2) is 23.2 Å². The molecule has 0 amide bonds. The smallest absolute Gasteiger partial charge is 0.241 e. The summed E-state index contributed by atoms with van der Waals surface area (Å²) >= 11 is 12.4. The summed E-state index contributed by atoms with van der Waals surface area (Å²) in [4.78, 5) is 3.67. The molecule has 0 fully saturated rings. The zero-order valence-corrected chi connectivity index (χ0v) is 14.3. The highest BCUT2D eigenvalue weighted by atomic mass is 35.5. The standard InChI is InChI=1S/C14H11Cl2N5O2S/c15-10-6-8(21-14(18)19-13(17)20-21)7-11(16)12(10)24(22,23)9-4-2-1-3-5-9/h1-7H,(H4,17,18,19,20). The highest BCUT2D eigenvalue weighted by Crippen LogP contribution is 2.36. The topological polar surface area (TPSA) is 117 Å². The van der Waals surface area contributed by atoms with Crippen LogP contribution in [0.5, 0.6) is 0 Å². The van der Waals surface area contributed by atoms with Crippen LogP contribution in [0.3, 0.4) is 0 Å². The second-order valence-corrected chi connectivity index (χ2v) is 7.50. The Labute approximate surface area is 147 Å². The Bertz CT molecular complexity index is 996. The number of hydrogen-bond donors (Lipinski definition) is 2. The second-order valence-electron chi connectivity index (χ2n) is 4.80. The van der Waals surface area contributed by atoms with Gasteiger partial charge in [-0.2, -0.15) is 9.67 Å². The first-order valence-electron chi connectivity index (χ1n) is 6.58. The molecule has 1 heterocycles. The summed E-state index contributed by atoms with van der Waals surface area (Å²) in [5.41, 5.74) is 11.5. The van der Waals surface area contributed by atoms with Crippen LogP contribution < -0.4 is 11.5 Å². The lowest BCUT2D eigenvalue weighted by molar-refractivity contribution is 0.596. The van der Waals surface area contributed by atoms with E-state index >= 15 is 0 Å². The lowest BCUT2D eigenvalue weighted by Crippen LogP contribution is -2.07. The molecule has 0 spiro atoms. The van der Waals surface area contributed by atoms with Crippen LogP contribution in [0.15, 0.2) is 52.3 Å². The lowest BCUT2D eigenvalue weighted by atomic mass is 10.3. The van der Waals surface area contributed by atoms with Crippen molar-refractivity contribution in [3.8, 4) is 5.69 Å². The highest BCUT2D eigenvalue weighted by molar-refractivity contribution is 7.91. The van der Waals surface area contributed by atoms with Crippen molar-refractivity contribution in [2.24, 2.45) is 0 Å². The number of nitrogens with zero attached hydrogens (tertiary/aromatic N) is 3. The molecule has 4 N–H and O–H groups in total. The van der Waals surface area contributed by atoms with Gasteiger partial charge >= 0.3 is 0 Å². The van der Waals surface area contributed by atoms with Crippen LogP contribution in [0.4, 0.5) is 11.9 Å². The Balaban J connectivity index is 2.17. The van der Waals surface area contributed by atoms with Gasteiger partial charge in [-0.15, -0.1) is 5.10 Å². The van der Waals surface area contributed by atoms with Crippen molar-refractivity contribution in [1.82, 2.24) is 14.8 Å². The molecule has 0 radical (unpaired) electrons. The number of anilines is 2. The van der Waals surface area contributed by atoms with Gasteiger partial charge in [0.05, 0.1) is 20.6 Å². The van der Waals surface area contributed by atoms with E-state index in [1.54, 1.807) is 18.2 Å². The molecule has 0 atom stereocenters. The second kappa shape index (κ2) is 5.97. The van der Waals surface area contributed by atoms with E-state index in [0.717, 1.165) is 0 Å². The molecule has 2 aromatic carbocycles. The molecule has 0 aliphatic heterocycles. The summed E-state index contributed by atoms with van der Waals surface area (Å²) in [5, 5.41) is 3.78. The van der Waals surface area contributed by atoms with Crippen LogP contribution in [0, 0.1) is 0 Å². The number of nitrogen functional groups attached to an aromatic ring is 2. The highest BCUT2D eigenvalue weighted by Gasteiger charge is 2.25. The van der Waals surface area contributed by atoms with Crippen LogP contribution >= 0.6 is 23.2 Å². The molecule has 24 heavy (non-hydrogen) atoms. The van der Waals surface area contributed by atoms with Gasteiger partial charge in [0.25, 0.3) is 0 Å². The number of sulfone groups is 1. The molecule has 7 nitrogen and oxygen atoms in total. The molecule has 1 aromatic heterocycles. The van der Waals surface area contributed by atoms with Crippen molar-refractivity contribution in [2.45, 2.75) is 9.79 Å². The van der Waals surface area contributed by atoms with E-state index in [1.807, 2.05) is 0 Å². The van der Waals surface area contributed by atoms with Gasteiger partial charge in [-0.3, -0.25) is 0 Å². The molecule has 0 aliphatic carbocycles. The SMILES string of the molecule is Nc1nc(N)n(-c2cc(Cl)c(S(=O)(=O)c3ccccc3)c(Cl)c2)n1. The van der Waals surface area contributed by atoms with Gasteiger partial charge in [0, 0.05) is 0 Å². The van der Waals surface area contributed by atoms with Crippen molar-refractivity contribution in [3.05, 3.63) is 52.5 Å². The average molecular weight is 384 g/mol. The minimum absolute atomic E-state index is 0.0262. The third-order valence-corrected chi connectivity index (χ3v) is 5.89. The molecule has 124 valence electrons. The normalized spacial score (nSPS) is 11.6. The molecule has 3 rings (SSSR count). The quantitative estimate of drug-likeness (QED) is 0.717. The van der Waals surface area contributed by atoms with Crippen LogP contribution in [0.1, 0.15) is 0 Å². The predicted molar refractivity (Wildman–Crippen MR) is 92.1 cm³/mol. The van der Waals surface area contributed by atoms with Gasteiger partial charge in [-0.25, -0.2) is 8.42 Å². The van der Waals surface area contributed by atoms with Crippen LogP contribution in [0.2, 0.25) is 10.0 Å². The Kier molecular flexibility index (Phi) is 4.12. The maximum Gasteiger partial charge on any atom is 0.241 e. The third kappa shape index (κ3) is 2.79. The maximum absolute atomic E-state index is 12.7. The fraction of sp³-hybridized carbons (Fsp3) is 0. The van der Waals surface area contributed by atoms with E-state index in [2.05, 4.69) is 10.1 Å². The van der Waals surface area contributed by atoms with Crippen molar-refractivity contribution in [1.29, 1.82) is 0 Å². The Hall–Kier alpha value is -2.29. The first-order valence-corrected chi connectivity index (χ1v) is 8.82. The first-order chi connectivity index (χ1) is 11.3. The van der Waals surface area contributed by atoms with E-state index in [0.29, 0.717) is 5.69 Å². The minimum atomic E-state index is -3.87. The Morgan fingerprint density at radius 2 is 1.58 bits per heavy atom. The maximum atomic E-state index is 12.7. The number of benzene rings is 2. The summed E-state index contributed by atoms with van der Waals surface area (Å²) in [6.45, 7) is 0. The number of hydrogen-bond acceptors (Lipinski definition) is 6. The molecular formula is C14H11Cl2N5O2S. The molecule has 0 aliphatic rings. The number of aromatic nitrogens is 3. The van der Waals surface area contributed by atoms with Gasteiger partial charge in [-0.05, 0) is 24.3 Å². The van der Waals surface area contributed by atoms with E-state index in [9.17, 15) is 8.42 Å². The summed E-state index contributed by atoms with van der Waals surface area (Å²) < 4.78 is 26.7. The fourth-order valence-corrected chi connectivity index (χ4v) is 4.64. The van der Waals surface area contributed by atoms with Gasteiger partial charge in [0.15, 0.2) is 0 Å². The minimum Gasteiger partial charge on any atom is -0.368 e. The van der Waals surface area contributed by atoms with Crippen molar-refractivity contribution < 1.29 is 8.42 Å². The van der Waals surface area contributed by atoms with Crippen LogP contribution in [-0.2, 0) is 9.84 Å². The van der Waals surface area contributed by atoms with E-state index in [4.69, 9.17) is 34.7 Å². The zero-order chi connectivity index (χ0) is 17.5. The lowest BCUT2D eigenvalue weighted by Gasteiger charge is -2.11. The van der Waals surface area contributed by atoms with Gasteiger partial charge < -0.3 is 11.5 Å². The Morgan fingerprint density at radius 1 is 1.00 bits per heavy atom. The first kappa shape index (κ1) is 16.6. The number of rotatable bonds is 3. The summed E-state index contributed by atoms with van der Waals surface area (Å²) in [6.07, 6.45) is 0. The molecule has 0 bridgehead atoms. The van der Waals surface area contributed by atoms with Gasteiger partial charge in [0.1, 0.15) is 4.90 Å². The van der Waals surface area contributed by atoms with Crippen molar-refractivity contribution >= 4 is 44.9 Å². The Morgan fingerprint density at radius 3 is 2.08 bits per heavy atom. The average Bonchev–Trinajstić information content (AvgIpc) is 2.86. The van der Waals surface area contributed by atoms with Gasteiger partial charge in [-0.1, -0.05) is 41.4 Å². The third-order valence-electron chi connectivity index (χ3n) is 3.20. The molecule has 10 heteroatoms.